The van der Waals surface area contributed by atoms with Gasteiger partial charge >= 0.3 is 0 Å². The summed E-state index contributed by atoms with van der Waals surface area (Å²) < 4.78 is 2.13. The smallest absolute Gasteiger partial charge is 0.196 e. The molecule has 6 rings (SSSR count). The third-order valence-corrected chi connectivity index (χ3v) is 5.58. The van der Waals surface area contributed by atoms with E-state index in [2.05, 4.69) is 38.4 Å². The van der Waals surface area contributed by atoms with Crippen molar-refractivity contribution < 1.29 is 0 Å². The van der Waals surface area contributed by atoms with Gasteiger partial charge < -0.3 is 0 Å². The Bertz CT molecular complexity index is 1730. The van der Waals surface area contributed by atoms with E-state index >= 15 is 0 Å². The molecule has 0 saturated carbocycles. The minimum Gasteiger partial charge on any atom is -0.293 e. The monoisotopic (exact) mass is 368 g/mol. The minimum atomic E-state index is 0.367. The van der Waals surface area contributed by atoms with Crippen LogP contribution in [0.3, 0.4) is 0 Å². The lowest BCUT2D eigenvalue weighted by molar-refractivity contribution is 1.32. The Morgan fingerprint density at radius 3 is 2.31 bits per heavy atom. The average Bonchev–Trinajstić information content (AvgIpc) is 3.17. The maximum atomic E-state index is 7.53. The van der Waals surface area contributed by atoms with E-state index in [4.69, 9.17) is 18.1 Å². The molecule has 132 valence electrons. The first-order chi connectivity index (χ1) is 14.3. The summed E-state index contributed by atoms with van der Waals surface area (Å²) in [7, 11) is 0. The maximum absolute atomic E-state index is 7.53. The van der Waals surface area contributed by atoms with Crippen LogP contribution in [-0.2, 0) is 0 Å². The van der Waals surface area contributed by atoms with Gasteiger partial charge in [-0.3, -0.25) is 14.1 Å². The Balaban J connectivity index is 2.04. The van der Waals surface area contributed by atoms with Crippen LogP contribution >= 0.6 is 0 Å². The summed E-state index contributed by atoms with van der Waals surface area (Å²) in [5.74, 6) is 0. The normalized spacial score (nSPS) is 11.4. The number of hydrogen-bond donors (Lipinski definition) is 0. The molecular formula is C25H12N4. The van der Waals surface area contributed by atoms with Crippen LogP contribution in [0.25, 0.3) is 58.8 Å². The van der Waals surface area contributed by atoms with Crippen LogP contribution in [0.15, 0.2) is 72.8 Å². The van der Waals surface area contributed by atoms with Crippen LogP contribution in [0, 0.1) is 13.1 Å². The summed E-state index contributed by atoms with van der Waals surface area (Å²) in [5, 5.41) is 5.35. The maximum Gasteiger partial charge on any atom is 0.196 e. The zero-order valence-electron chi connectivity index (χ0n) is 15.2. The van der Waals surface area contributed by atoms with Crippen LogP contribution in [0.1, 0.15) is 0 Å². The van der Waals surface area contributed by atoms with Crippen molar-refractivity contribution in [2.24, 2.45) is 0 Å². The van der Waals surface area contributed by atoms with Gasteiger partial charge in [0.25, 0.3) is 0 Å². The Labute approximate surface area is 165 Å². The van der Waals surface area contributed by atoms with Gasteiger partial charge in [-0.05, 0) is 39.7 Å². The van der Waals surface area contributed by atoms with Gasteiger partial charge in [-0.2, -0.15) is 0 Å². The van der Waals surface area contributed by atoms with Gasteiger partial charge in [0, 0.05) is 10.9 Å². The van der Waals surface area contributed by atoms with Gasteiger partial charge in [0.1, 0.15) is 5.65 Å². The van der Waals surface area contributed by atoms with E-state index in [0.717, 1.165) is 49.1 Å². The quantitative estimate of drug-likeness (QED) is 0.208. The Kier molecular flexibility index (Phi) is 2.99. The molecule has 4 nitrogen and oxygen atoms in total. The van der Waals surface area contributed by atoms with Crippen molar-refractivity contribution >= 4 is 60.5 Å². The topological polar surface area (TPSA) is 26.0 Å². The molecule has 0 amide bonds. The Hall–Kier alpha value is -4.41. The number of para-hydroxylation sites is 2. The van der Waals surface area contributed by atoms with Gasteiger partial charge in [0.05, 0.1) is 24.2 Å². The Morgan fingerprint density at radius 2 is 1.45 bits per heavy atom. The van der Waals surface area contributed by atoms with Crippen LogP contribution < -0.4 is 0 Å². The number of rotatable bonds is 0. The van der Waals surface area contributed by atoms with Crippen molar-refractivity contribution in [3.63, 3.8) is 0 Å². The van der Waals surface area contributed by atoms with E-state index in [-0.39, 0.29) is 0 Å². The van der Waals surface area contributed by atoms with Gasteiger partial charge in [-0.15, -0.1) is 0 Å². The molecule has 0 unspecified atom stereocenters. The molecule has 0 aliphatic rings. The van der Waals surface area contributed by atoms with Crippen molar-refractivity contribution in [3.05, 3.63) is 95.6 Å². The highest BCUT2D eigenvalue weighted by Gasteiger charge is 2.17. The number of hydrogen-bond acceptors (Lipinski definition) is 1. The zero-order chi connectivity index (χ0) is 19.5. The SMILES string of the molecule is [C-]#[N+]c1cc2c3ccc4ccccc4c3c3nc4ccccc4n3c2cc1[N+]#[C-]. The molecule has 4 aromatic carbocycles. The lowest BCUT2D eigenvalue weighted by Crippen LogP contribution is -1.92. The first-order valence-electron chi connectivity index (χ1n) is 9.23. The molecule has 29 heavy (non-hydrogen) atoms. The van der Waals surface area contributed by atoms with E-state index < -0.39 is 0 Å². The molecular weight excluding hydrogens is 356 g/mol. The number of pyridine rings is 1. The number of fused-ring (bicyclic) bond motifs is 10. The lowest BCUT2D eigenvalue weighted by atomic mass is 9.99. The fourth-order valence-corrected chi connectivity index (χ4v) is 4.32. The third-order valence-electron chi connectivity index (χ3n) is 5.58. The van der Waals surface area contributed by atoms with Gasteiger partial charge in [-0.25, -0.2) is 4.98 Å². The van der Waals surface area contributed by atoms with Crippen LogP contribution in [0.4, 0.5) is 11.4 Å². The number of imidazole rings is 1. The minimum absolute atomic E-state index is 0.367. The highest BCUT2D eigenvalue weighted by Crippen LogP contribution is 2.41. The molecule has 6 aromatic rings. The summed E-state index contributed by atoms with van der Waals surface area (Å²) in [6.07, 6.45) is 0. The molecule has 2 heterocycles. The highest BCUT2D eigenvalue weighted by atomic mass is 15.0. The summed E-state index contributed by atoms with van der Waals surface area (Å²) in [6, 6.07) is 24.2. The van der Waals surface area contributed by atoms with E-state index in [1.165, 1.54) is 0 Å². The van der Waals surface area contributed by atoms with Crippen molar-refractivity contribution in [1.29, 1.82) is 0 Å². The molecule has 0 saturated heterocycles. The van der Waals surface area contributed by atoms with Crippen LogP contribution in [-0.4, -0.2) is 9.38 Å². The lowest BCUT2D eigenvalue weighted by Gasteiger charge is -2.12. The fourth-order valence-electron chi connectivity index (χ4n) is 4.32. The van der Waals surface area contributed by atoms with Crippen LogP contribution in [0.2, 0.25) is 0 Å². The molecule has 0 aliphatic carbocycles. The second-order valence-corrected chi connectivity index (χ2v) is 7.05. The molecule has 2 aromatic heterocycles. The second kappa shape index (κ2) is 5.55. The van der Waals surface area contributed by atoms with E-state index in [1.54, 1.807) is 0 Å². The molecule has 4 heteroatoms. The standard InChI is InChI=1S/C25H12N4/c1-26-20-13-18-17-12-11-15-7-3-4-8-16(15)24(17)25-28-19-9-5-6-10-22(19)29(25)23(18)14-21(20)27-2/h3-14H. The summed E-state index contributed by atoms with van der Waals surface area (Å²) in [6.45, 7) is 15.1. The average molecular weight is 368 g/mol. The summed E-state index contributed by atoms with van der Waals surface area (Å²) in [4.78, 5) is 12.2. The van der Waals surface area contributed by atoms with Gasteiger partial charge in [0.2, 0.25) is 0 Å². The van der Waals surface area contributed by atoms with E-state index in [1.807, 2.05) is 48.5 Å². The molecule has 0 bridgehead atoms. The molecule has 0 aliphatic heterocycles. The molecule has 0 fully saturated rings. The molecule has 0 spiro atoms. The second-order valence-electron chi connectivity index (χ2n) is 7.05. The van der Waals surface area contributed by atoms with Crippen molar-refractivity contribution in [2.75, 3.05) is 0 Å². The first-order valence-corrected chi connectivity index (χ1v) is 9.23. The zero-order valence-corrected chi connectivity index (χ0v) is 15.2. The third kappa shape index (κ3) is 1.98. The number of aromatic nitrogens is 2. The van der Waals surface area contributed by atoms with Crippen molar-refractivity contribution in [3.8, 4) is 0 Å². The first kappa shape index (κ1) is 15.6. The Morgan fingerprint density at radius 1 is 0.690 bits per heavy atom. The molecule has 0 atom stereocenters. The van der Waals surface area contributed by atoms with Crippen molar-refractivity contribution in [1.82, 2.24) is 9.38 Å². The molecule has 0 N–H and O–H groups in total. The van der Waals surface area contributed by atoms with E-state index in [0.29, 0.717) is 11.4 Å². The van der Waals surface area contributed by atoms with Gasteiger partial charge in [-0.1, -0.05) is 54.6 Å². The predicted octanol–water partition coefficient (Wildman–Crippen LogP) is 7.05. The molecule has 0 radical (unpaired) electrons. The van der Waals surface area contributed by atoms with E-state index in [9.17, 15) is 0 Å². The van der Waals surface area contributed by atoms with Crippen LogP contribution in [0.5, 0.6) is 0 Å². The summed E-state index contributed by atoms with van der Waals surface area (Å²) >= 11 is 0. The number of benzene rings is 4. The fraction of sp³-hybridized carbons (Fsp3) is 0. The predicted molar refractivity (Wildman–Crippen MR) is 118 cm³/mol. The summed E-state index contributed by atoms with van der Waals surface area (Å²) in [5.41, 5.74) is 4.42. The van der Waals surface area contributed by atoms with Crippen molar-refractivity contribution in [2.45, 2.75) is 0 Å². The highest BCUT2D eigenvalue weighted by molar-refractivity contribution is 6.23. The number of nitrogens with zero attached hydrogens (tertiary/aromatic N) is 4. The van der Waals surface area contributed by atoms with Gasteiger partial charge in [0.15, 0.2) is 11.4 Å². The largest absolute Gasteiger partial charge is 0.293 e.